The van der Waals surface area contributed by atoms with Gasteiger partial charge >= 0.3 is 0 Å². The lowest BCUT2D eigenvalue weighted by atomic mass is 10.1. The summed E-state index contributed by atoms with van der Waals surface area (Å²) in [6.45, 7) is 1.84. The number of carbonyl (C=O) groups excluding carboxylic acids is 2. The Labute approximate surface area is 196 Å². The molecule has 32 heavy (non-hydrogen) atoms. The number of hydrogen-bond donors (Lipinski definition) is 2. The number of halogens is 1. The number of anilines is 2. The van der Waals surface area contributed by atoms with Crippen molar-refractivity contribution in [1.82, 2.24) is 0 Å². The minimum Gasteiger partial charge on any atom is -0.324 e. The molecule has 0 radical (unpaired) electrons. The fourth-order valence-corrected chi connectivity index (χ4v) is 4.26. The number of benzene rings is 4. The van der Waals surface area contributed by atoms with Crippen LogP contribution in [0.15, 0.2) is 95.9 Å². The molecule has 0 saturated heterocycles. The van der Waals surface area contributed by atoms with Crippen LogP contribution < -0.4 is 10.6 Å². The number of fused-ring (bicyclic) bond motifs is 1. The van der Waals surface area contributed by atoms with E-state index in [1.807, 2.05) is 85.8 Å². The molecule has 4 aromatic rings. The first-order valence-corrected chi connectivity index (χ1v) is 11.4. The molecule has 0 saturated carbocycles. The third kappa shape index (κ3) is 5.31. The molecule has 0 aliphatic rings. The molecule has 2 N–H and O–H groups in total. The van der Waals surface area contributed by atoms with E-state index < -0.39 is 0 Å². The zero-order chi connectivity index (χ0) is 22.5. The predicted molar refractivity (Wildman–Crippen MR) is 134 cm³/mol. The van der Waals surface area contributed by atoms with Crippen molar-refractivity contribution < 1.29 is 9.59 Å². The molecule has 160 valence electrons. The number of hydrogen-bond acceptors (Lipinski definition) is 3. The molecule has 4 aromatic carbocycles. The van der Waals surface area contributed by atoms with Gasteiger partial charge in [0, 0.05) is 16.1 Å². The molecule has 0 aromatic heterocycles. The molecule has 0 heterocycles. The van der Waals surface area contributed by atoms with Gasteiger partial charge in [-0.1, -0.05) is 54.1 Å². The first-order valence-electron chi connectivity index (χ1n) is 10.1. The molecule has 0 fully saturated rings. The number of amides is 2. The third-order valence-corrected chi connectivity index (χ3v) is 6.38. The van der Waals surface area contributed by atoms with Crippen LogP contribution in [0.2, 0.25) is 5.02 Å². The molecule has 4 nitrogen and oxygen atoms in total. The largest absolute Gasteiger partial charge is 0.324 e. The second-order valence-electron chi connectivity index (χ2n) is 7.27. The standard InChI is InChI=1S/C26H21ClN2O2S/c1-17(25(30)29-24-9-5-4-8-23(24)27)32-22-14-12-21(13-15-22)28-26(31)20-11-10-18-6-2-3-7-19(18)16-20/h2-17H,1H3,(H,28,31)(H,29,30). The highest BCUT2D eigenvalue weighted by molar-refractivity contribution is 8.00. The van der Waals surface area contributed by atoms with Crippen molar-refractivity contribution in [3.63, 3.8) is 0 Å². The maximum atomic E-state index is 12.6. The van der Waals surface area contributed by atoms with Crippen molar-refractivity contribution in [3.8, 4) is 0 Å². The van der Waals surface area contributed by atoms with Crippen LogP contribution in [-0.4, -0.2) is 17.1 Å². The summed E-state index contributed by atoms with van der Waals surface area (Å²) in [6, 6.07) is 28.2. The highest BCUT2D eigenvalue weighted by atomic mass is 35.5. The maximum absolute atomic E-state index is 12.6. The van der Waals surface area contributed by atoms with Gasteiger partial charge in [0.2, 0.25) is 5.91 Å². The van der Waals surface area contributed by atoms with Crippen LogP contribution in [0.3, 0.4) is 0 Å². The molecule has 1 atom stereocenters. The Morgan fingerprint density at radius 2 is 1.50 bits per heavy atom. The lowest BCUT2D eigenvalue weighted by Gasteiger charge is -2.13. The fraction of sp³-hybridized carbons (Fsp3) is 0.0769. The zero-order valence-corrected chi connectivity index (χ0v) is 18.9. The monoisotopic (exact) mass is 460 g/mol. The Bertz CT molecular complexity index is 1270. The summed E-state index contributed by atoms with van der Waals surface area (Å²) in [6.07, 6.45) is 0. The van der Waals surface area contributed by atoms with Crippen LogP contribution >= 0.6 is 23.4 Å². The first-order chi connectivity index (χ1) is 15.5. The van der Waals surface area contributed by atoms with Gasteiger partial charge in [0.1, 0.15) is 0 Å². The normalized spacial score (nSPS) is 11.7. The molecular weight excluding hydrogens is 440 g/mol. The van der Waals surface area contributed by atoms with Gasteiger partial charge in [0.25, 0.3) is 5.91 Å². The topological polar surface area (TPSA) is 58.2 Å². The Kier molecular flexibility index (Phi) is 6.78. The third-order valence-electron chi connectivity index (χ3n) is 4.94. The first kappa shape index (κ1) is 21.9. The van der Waals surface area contributed by atoms with Crippen molar-refractivity contribution in [2.24, 2.45) is 0 Å². The second-order valence-corrected chi connectivity index (χ2v) is 9.09. The van der Waals surface area contributed by atoms with Crippen LogP contribution in [0.4, 0.5) is 11.4 Å². The number of thioether (sulfide) groups is 1. The molecule has 2 amide bonds. The summed E-state index contributed by atoms with van der Waals surface area (Å²) < 4.78 is 0. The van der Waals surface area contributed by atoms with Crippen LogP contribution in [0.1, 0.15) is 17.3 Å². The van der Waals surface area contributed by atoms with Gasteiger partial charge in [-0.05, 0) is 66.2 Å². The van der Waals surface area contributed by atoms with Crippen LogP contribution in [0.25, 0.3) is 10.8 Å². The van der Waals surface area contributed by atoms with E-state index >= 15 is 0 Å². The van der Waals surface area contributed by atoms with Gasteiger partial charge in [0.15, 0.2) is 0 Å². The van der Waals surface area contributed by atoms with E-state index in [0.29, 0.717) is 22.0 Å². The Hall–Kier alpha value is -3.28. The van der Waals surface area contributed by atoms with Crippen molar-refractivity contribution >= 4 is 57.3 Å². The molecular formula is C26H21ClN2O2S. The van der Waals surface area contributed by atoms with Gasteiger partial charge in [0.05, 0.1) is 16.0 Å². The lowest BCUT2D eigenvalue weighted by molar-refractivity contribution is -0.115. The zero-order valence-electron chi connectivity index (χ0n) is 17.3. The smallest absolute Gasteiger partial charge is 0.255 e. The average Bonchev–Trinajstić information content (AvgIpc) is 2.81. The highest BCUT2D eigenvalue weighted by Crippen LogP contribution is 2.27. The summed E-state index contributed by atoms with van der Waals surface area (Å²) in [4.78, 5) is 26.0. The predicted octanol–water partition coefficient (Wildman–Crippen LogP) is 6.86. The quantitative estimate of drug-likeness (QED) is 0.309. The van der Waals surface area contributed by atoms with Gasteiger partial charge in [-0.2, -0.15) is 0 Å². The highest BCUT2D eigenvalue weighted by Gasteiger charge is 2.16. The lowest BCUT2D eigenvalue weighted by Crippen LogP contribution is -2.22. The average molecular weight is 461 g/mol. The molecule has 0 bridgehead atoms. The van der Waals surface area contributed by atoms with Crippen LogP contribution in [-0.2, 0) is 4.79 Å². The summed E-state index contributed by atoms with van der Waals surface area (Å²) in [5.41, 5.74) is 1.89. The molecule has 1 unspecified atom stereocenters. The number of rotatable bonds is 6. The molecule has 0 aliphatic carbocycles. The summed E-state index contributed by atoms with van der Waals surface area (Å²) in [7, 11) is 0. The summed E-state index contributed by atoms with van der Waals surface area (Å²) >= 11 is 7.54. The summed E-state index contributed by atoms with van der Waals surface area (Å²) in [5.74, 6) is -0.291. The second kappa shape index (κ2) is 9.90. The van der Waals surface area contributed by atoms with Crippen molar-refractivity contribution in [3.05, 3.63) is 102 Å². The van der Waals surface area contributed by atoms with E-state index in [1.54, 1.807) is 12.1 Å². The van der Waals surface area contributed by atoms with Crippen LogP contribution in [0, 0.1) is 0 Å². The van der Waals surface area contributed by atoms with E-state index in [0.717, 1.165) is 15.7 Å². The number of para-hydroxylation sites is 1. The SMILES string of the molecule is CC(Sc1ccc(NC(=O)c2ccc3ccccc3c2)cc1)C(=O)Nc1ccccc1Cl. The molecule has 0 aliphatic heterocycles. The van der Waals surface area contributed by atoms with Gasteiger partial charge in [-0.25, -0.2) is 0 Å². The van der Waals surface area contributed by atoms with E-state index in [9.17, 15) is 9.59 Å². The van der Waals surface area contributed by atoms with Gasteiger partial charge < -0.3 is 10.6 Å². The fourth-order valence-electron chi connectivity index (χ4n) is 3.21. The van der Waals surface area contributed by atoms with E-state index in [-0.39, 0.29) is 17.1 Å². The van der Waals surface area contributed by atoms with E-state index in [1.165, 1.54) is 11.8 Å². The van der Waals surface area contributed by atoms with Gasteiger partial charge in [-0.3, -0.25) is 9.59 Å². The van der Waals surface area contributed by atoms with Crippen molar-refractivity contribution in [2.75, 3.05) is 10.6 Å². The van der Waals surface area contributed by atoms with Crippen molar-refractivity contribution in [2.45, 2.75) is 17.1 Å². The molecule has 6 heteroatoms. The van der Waals surface area contributed by atoms with Gasteiger partial charge in [-0.15, -0.1) is 11.8 Å². The number of nitrogens with one attached hydrogen (secondary N) is 2. The Balaban J connectivity index is 1.36. The molecule has 0 spiro atoms. The van der Waals surface area contributed by atoms with Crippen molar-refractivity contribution in [1.29, 1.82) is 0 Å². The number of carbonyl (C=O) groups is 2. The minimum atomic E-state index is -0.315. The van der Waals surface area contributed by atoms with Crippen LogP contribution in [0.5, 0.6) is 0 Å². The Morgan fingerprint density at radius 3 is 2.25 bits per heavy atom. The Morgan fingerprint density at radius 1 is 0.812 bits per heavy atom. The maximum Gasteiger partial charge on any atom is 0.255 e. The van der Waals surface area contributed by atoms with E-state index in [2.05, 4.69) is 10.6 Å². The van der Waals surface area contributed by atoms with E-state index in [4.69, 9.17) is 11.6 Å². The molecule has 4 rings (SSSR count). The summed E-state index contributed by atoms with van der Waals surface area (Å²) in [5, 5.41) is 8.08. The minimum absolute atomic E-state index is 0.128.